The molecule has 0 saturated heterocycles. The highest BCUT2D eigenvalue weighted by Gasteiger charge is 2.20. The van der Waals surface area contributed by atoms with Gasteiger partial charge < -0.3 is 0 Å². The Labute approximate surface area is 51.2 Å². The Kier molecular flexibility index (Phi) is 1.47. The van der Waals surface area contributed by atoms with E-state index < -0.39 is 0 Å². The van der Waals surface area contributed by atoms with E-state index in [1.165, 1.54) is 0 Å². The van der Waals surface area contributed by atoms with Crippen LogP contribution in [-0.4, -0.2) is 10.6 Å². The van der Waals surface area contributed by atoms with Gasteiger partial charge in [-0.1, -0.05) is 15.9 Å². The molecular weight excluding hydrogens is 156 g/mol. The van der Waals surface area contributed by atoms with Gasteiger partial charge in [0.05, 0.1) is 4.83 Å². The third kappa shape index (κ3) is 1.03. The first kappa shape index (κ1) is 5.29. The Hall–Kier alpha value is 0.150. The summed E-state index contributed by atoms with van der Waals surface area (Å²) in [6, 6.07) is 0. The van der Waals surface area contributed by atoms with Crippen molar-refractivity contribution in [3.05, 3.63) is 0 Å². The van der Waals surface area contributed by atoms with Crippen molar-refractivity contribution in [3.8, 4) is 0 Å². The van der Waals surface area contributed by atoms with Crippen LogP contribution >= 0.6 is 15.9 Å². The predicted molar refractivity (Wildman–Crippen MR) is 31.6 cm³/mol. The molecule has 7 heavy (non-hydrogen) atoms. The van der Waals surface area contributed by atoms with Gasteiger partial charge in [-0.05, 0) is 12.8 Å². The number of carbonyl (C=O) groups excluding carboxylic acids is 1. The van der Waals surface area contributed by atoms with E-state index in [0.29, 0.717) is 5.78 Å². The number of rotatable bonds is 0. The standard InChI is InChI=1S/C5H7BrO/c6-4-2-1-3-5(4)7/h4H,1-3H2/t4-/m1/s1. The van der Waals surface area contributed by atoms with Gasteiger partial charge in [0, 0.05) is 6.42 Å². The zero-order valence-corrected chi connectivity index (χ0v) is 5.57. The van der Waals surface area contributed by atoms with Crippen molar-refractivity contribution in [2.75, 3.05) is 0 Å². The maximum absolute atomic E-state index is 10.5. The minimum Gasteiger partial charge on any atom is -0.298 e. The number of ketones is 1. The lowest BCUT2D eigenvalue weighted by Crippen LogP contribution is -2.01. The van der Waals surface area contributed by atoms with E-state index in [0.717, 1.165) is 19.3 Å². The Morgan fingerprint density at radius 1 is 1.71 bits per heavy atom. The second kappa shape index (κ2) is 1.95. The number of carbonyl (C=O) groups is 1. The molecule has 1 atom stereocenters. The molecule has 1 fully saturated rings. The monoisotopic (exact) mass is 162 g/mol. The van der Waals surface area contributed by atoms with E-state index in [1.807, 2.05) is 0 Å². The molecule has 0 bridgehead atoms. The lowest BCUT2D eigenvalue weighted by molar-refractivity contribution is -0.116. The average Bonchev–Trinajstić information content (AvgIpc) is 1.91. The van der Waals surface area contributed by atoms with Crippen molar-refractivity contribution in [2.45, 2.75) is 24.1 Å². The Bertz CT molecular complexity index is 90.1. The van der Waals surface area contributed by atoms with Crippen molar-refractivity contribution in [2.24, 2.45) is 0 Å². The van der Waals surface area contributed by atoms with E-state index >= 15 is 0 Å². The summed E-state index contributed by atoms with van der Waals surface area (Å²) in [5, 5.41) is 0. The van der Waals surface area contributed by atoms with Crippen molar-refractivity contribution < 1.29 is 4.79 Å². The fourth-order valence-corrected chi connectivity index (χ4v) is 1.33. The Morgan fingerprint density at radius 2 is 2.43 bits per heavy atom. The fraction of sp³-hybridized carbons (Fsp3) is 0.800. The van der Waals surface area contributed by atoms with Crippen LogP contribution in [0.15, 0.2) is 0 Å². The molecule has 1 aliphatic carbocycles. The number of alkyl halides is 1. The molecule has 2 heteroatoms. The van der Waals surface area contributed by atoms with Gasteiger partial charge in [0.1, 0.15) is 5.78 Å². The molecule has 0 aromatic rings. The van der Waals surface area contributed by atoms with Crippen LogP contribution in [0.25, 0.3) is 0 Å². The molecule has 0 heterocycles. The zero-order chi connectivity index (χ0) is 5.28. The summed E-state index contributed by atoms with van der Waals surface area (Å²) < 4.78 is 0. The van der Waals surface area contributed by atoms with Crippen LogP contribution in [0, 0.1) is 0 Å². The third-order valence-electron chi connectivity index (χ3n) is 1.23. The van der Waals surface area contributed by atoms with Crippen LogP contribution in [0.5, 0.6) is 0 Å². The lowest BCUT2D eigenvalue weighted by atomic mass is 10.4. The van der Waals surface area contributed by atoms with Crippen molar-refractivity contribution in [1.82, 2.24) is 0 Å². The summed E-state index contributed by atoms with van der Waals surface area (Å²) in [6.45, 7) is 0. The van der Waals surface area contributed by atoms with Crippen LogP contribution < -0.4 is 0 Å². The van der Waals surface area contributed by atoms with Crippen LogP contribution in [-0.2, 0) is 4.79 Å². The second-order valence-electron chi connectivity index (χ2n) is 1.83. The van der Waals surface area contributed by atoms with Gasteiger partial charge in [0.25, 0.3) is 0 Å². The molecule has 0 aromatic carbocycles. The maximum Gasteiger partial charge on any atom is 0.146 e. The van der Waals surface area contributed by atoms with E-state index in [4.69, 9.17) is 0 Å². The number of Topliss-reactive ketones (excluding diaryl/α,β-unsaturated/α-hetero) is 1. The van der Waals surface area contributed by atoms with E-state index in [1.54, 1.807) is 0 Å². The van der Waals surface area contributed by atoms with Crippen molar-refractivity contribution >= 4 is 21.7 Å². The summed E-state index contributed by atoms with van der Waals surface area (Å²) >= 11 is 3.25. The van der Waals surface area contributed by atoms with E-state index in [-0.39, 0.29) is 4.83 Å². The minimum absolute atomic E-state index is 0.187. The van der Waals surface area contributed by atoms with Gasteiger partial charge in [-0.15, -0.1) is 0 Å². The lowest BCUT2D eigenvalue weighted by Gasteiger charge is -1.88. The summed E-state index contributed by atoms with van der Waals surface area (Å²) in [5.74, 6) is 0.375. The van der Waals surface area contributed by atoms with E-state index in [2.05, 4.69) is 15.9 Å². The number of hydrogen-bond acceptors (Lipinski definition) is 1. The molecular formula is C5H7BrO. The summed E-state index contributed by atoms with van der Waals surface area (Å²) in [5.41, 5.74) is 0. The van der Waals surface area contributed by atoms with E-state index in [9.17, 15) is 4.79 Å². The molecule has 0 radical (unpaired) electrons. The Balaban J connectivity index is 2.48. The maximum atomic E-state index is 10.5. The quantitative estimate of drug-likeness (QED) is 0.494. The normalized spacial score (nSPS) is 31.6. The van der Waals surface area contributed by atoms with Crippen LogP contribution in [0.4, 0.5) is 0 Å². The molecule has 0 spiro atoms. The van der Waals surface area contributed by atoms with Crippen LogP contribution in [0.1, 0.15) is 19.3 Å². The number of halogens is 1. The molecule has 0 aliphatic heterocycles. The van der Waals surface area contributed by atoms with Crippen molar-refractivity contribution in [1.29, 1.82) is 0 Å². The first-order chi connectivity index (χ1) is 3.30. The molecule has 0 unspecified atom stereocenters. The van der Waals surface area contributed by atoms with Gasteiger partial charge >= 0.3 is 0 Å². The summed E-state index contributed by atoms with van der Waals surface area (Å²) in [6.07, 6.45) is 2.91. The average molecular weight is 163 g/mol. The number of hydrogen-bond donors (Lipinski definition) is 0. The van der Waals surface area contributed by atoms with Gasteiger partial charge in [-0.25, -0.2) is 0 Å². The molecule has 1 saturated carbocycles. The van der Waals surface area contributed by atoms with Crippen LogP contribution in [0.3, 0.4) is 0 Å². The molecule has 1 nitrogen and oxygen atoms in total. The molecule has 0 amide bonds. The highest BCUT2D eigenvalue weighted by molar-refractivity contribution is 9.10. The topological polar surface area (TPSA) is 17.1 Å². The third-order valence-corrected chi connectivity index (χ3v) is 2.20. The molecule has 0 aromatic heterocycles. The van der Waals surface area contributed by atoms with Gasteiger partial charge in [0.2, 0.25) is 0 Å². The minimum atomic E-state index is 0.187. The molecule has 1 aliphatic rings. The predicted octanol–water partition coefficient (Wildman–Crippen LogP) is 1.50. The molecule has 1 rings (SSSR count). The first-order valence-corrected chi connectivity index (χ1v) is 3.39. The zero-order valence-electron chi connectivity index (χ0n) is 3.98. The second-order valence-corrected chi connectivity index (χ2v) is 2.93. The fourth-order valence-electron chi connectivity index (χ4n) is 0.773. The van der Waals surface area contributed by atoms with Crippen molar-refractivity contribution in [3.63, 3.8) is 0 Å². The summed E-state index contributed by atoms with van der Waals surface area (Å²) in [4.78, 5) is 10.7. The van der Waals surface area contributed by atoms with Gasteiger partial charge in [-0.2, -0.15) is 0 Å². The van der Waals surface area contributed by atoms with Gasteiger partial charge in [-0.3, -0.25) is 4.79 Å². The highest BCUT2D eigenvalue weighted by atomic mass is 79.9. The first-order valence-electron chi connectivity index (χ1n) is 2.47. The molecule has 0 N–H and O–H groups in total. The smallest absolute Gasteiger partial charge is 0.146 e. The Morgan fingerprint density at radius 3 is 2.57 bits per heavy atom. The highest BCUT2D eigenvalue weighted by Crippen LogP contribution is 2.20. The van der Waals surface area contributed by atoms with Crippen LogP contribution in [0.2, 0.25) is 0 Å². The molecule has 40 valence electrons. The summed E-state index contributed by atoms with van der Waals surface area (Å²) in [7, 11) is 0. The largest absolute Gasteiger partial charge is 0.298 e. The van der Waals surface area contributed by atoms with Gasteiger partial charge in [0.15, 0.2) is 0 Å². The SMILES string of the molecule is O=C1CCC[C@H]1Br.